The van der Waals surface area contributed by atoms with Gasteiger partial charge in [0.2, 0.25) is 0 Å². The van der Waals surface area contributed by atoms with E-state index in [0.717, 1.165) is 45.4 Å². The molecule has 104 valence electrons. The van der Waals surface area contributed by atoms with Gasteiger partial charge in [0.25, 0.3) is 0 Å². The number of hydrogen-bond donors (Lipinski definition) is 0. The molecule has 0 N–H and O–H groups in total. The summed E-state index contributed by atoms with van der Waals surface area (Å²) in [7, 11) is 0. The number of carbonyl (C=O) groups excluding carboxylic acids is 1. The first-order chi connectivity index (χ1) is 9.13. The molecule has 1 saturated carbocycles. The minimum absolute atomic E-state index is 0.216. The van der Waals surface area contributed by atoms with Gasteiger partial charge >= 0.3 is 0 Å². The third-order valence-corrected chi connectivity index (χ3v) is 6.13. The summed E-state index contributed by atoms with van der Waals surface area (Å²) >= 11 is 8.44. The molecule has 6 heteroatoms. The first-order valence-electron chi connectivity index (χ1n) is 6.58. The van der Waals surface area contributed by atoms with Crippen LogP contribution >= 0.6 is 43.2 Å². The molecule has 0 atom stereocenters. The van der Waals surface area contributed by atoms with Crippen molar-refractivity contribution in [3.63, 3.8) is 0 Å². The van der Waals surface area contributed by atoms with Crippen LogP contribution in [0.2, 0.25) is 0 Å². The van der Waals surface area contributed by atoms with E-state index in [4.69, 9.17) is 0 Å². The van der Waals surface area contributed by atoms with Crippen molar-refractivity contribution in [3.05, 3.63) is 19.2 Å². The van der Waals surface area contributed by atoms with Crippen molar-refractivity contribution in [2.24, 2.45) is 0 Å². The summed E-state index contributed by atoms with van der Waals surface area (Å²) in [6.07, 6.45) is 2.74. The maximum Gasteiger partial charge on any atom is 0.178 e. The third-order valence-electron chi connectivity index (χ3n) is 3.79. The molecule has 0 amide bonds. The maximum atomic E-state index is 12.3. The van der Waals surface area contributed by atoms with Crippen LogP contribution in [-0.4, -0.2) is 54.3 Å². The van der Waals surface area contributed by atoms with Crippen molar-refractivity contribution in [1.82, 2.24) is 9.80 Å². The highest BCUT2D eigenvalue weighted by Crippen LogP contribution is 2.32. The molecule has 1 aromatic heterocycles. The summed E-state index contributed by atoms with van der Waals surface area (Å²) in [6.45, 7) is 4.81. The number of piperazine rings is 1. The van der Waals surface area contributed by atoms with E-state index in [1.807, 2.05) is 6.07 Å². The number of Topliss-reactive ketones (excluding diaryl/α,β-unsaturated/α-hetero) is 1. The Morgan fingerprint density at radius 2 is 1.95 bits per heavy atom. The Morgan fingerprint density at radius 1 is 1.26 bits per heavy atom. The zero-order valence-electron chi connectivity index (χ0n) is 10.6. The zero-order valence-corrected chi connectivity index (χ0v) is 14.6. The molecular weight excluding hydrogens is 392 g/mol. The highest BCUT2D eigenvalue weighted by Gasteiger charge is 2.31. The largest absolute Gasteiger partial charge is 0.298 e. The minimum atomic E-state index is 0.216. The molecule has 0 radical (unpaired) electrons. The third kappa shape index (κ3) is 3.47. The Balaban J connectivity index is 1.54. The molecule has 0 spiro atoms. The molecule has 2 aliphatic rings. The first kappa shape index (κ1) is 14.2. The SMILES string of the molecule is O=C(CN1CCN(C2CC2)CC1)c1cc(Br)sc1Br. The second-order valence-corrected chi connectivity index (χ2v) is 8.95. The Morgan fingerprint density at radius 3 is 2.47 bits per heavy atom. The highest BCUT2D eigenvalue weighted by molar-refractivity contribution is 9.12. The predicted octanol–water partition coefficient (Wildman–Crippen LogP) is 3.24. The average molecular weight is 408 g/mol. The maximum absolute atomic E-state index is 12.3. The van der Waals surface area contributed by atoms with Gasteiger partial charge in [0, 0.05) is 37.8 Å². The molecule has 0 aromatic carbocycles. The Kier molecular flexibility index (Phi) is 4.43. The van der Waals surface area contributed by atoms with Crippen molar-refractivity contribution >= 4 is 49.0 Å². The summed E-state index contributed by atoms with van der Waals surface area (Å²) < 4.78 is 1.93. The number of carbonyl (C=O) groups is 1. The lowest BCUT2D eigenvalue weighted by molar-refractivity contribution is 0.0843. The van der Waals surface area contributed by atoms with Gasteiger partial charge in [0.15, 0.2) is 5.78 Å². The topological polar surface area (TPSA) is 23.6 Å². The fourth-order valence-corrected chi connectivity index (χ4v) is 5.40. The molecule has 2 fully saturated rings. The first-order valence-corrected chi connectivity index (χ1v) is 8.98. The summed E-state index contributed by atoms with van der Waals surface area (Å²) in [5.74, 6) is 0.216. The monoisotopic (exact) mass is 406 g/mol. The zero-order chi connectivity index (χ0) is 13.4. The van der Waals surface area contributed by atoms with Gasteiger partial charge in [-0.2, -0.15) is 0 Å². The molecule has 1 saturated heterocycles. The molecule has 0 unspecified atom stereocenters. The van der Waals surface area contributed by atoms with Crippen LogP contribution in [0.3, 0.4) is 0 Å². The molecular formula is C13H16Br2N2OS. The number of thiophene rings is 1. The van der Waals surface area contributed by atoms with Crippen molar-refractivity contribution < 1.29 is 4.79 Å². The van der Waals surface area contributed by atoms with Crippen molar-refractivity contribution in [2.75, 3.05) is 32.7 Å². The fraction of sp³-hybridized carbons (Fsp3) is 0.615. The predicted molar refractivity (Wildman–Crippen MR) is 85.1 cm³/mol. The molecule has 3 nitrogen and oxygen atoms in total. The van der Waals surface area contributed by atoms with E-state index in [1.165, 1.54) is 12.8 Å². The normalized spacial score (nSPS) is 21.8. The molecule has 1 aliphatic heterocycles. The van der Waals surface area contributed by atoms with Crippen LogP contribution in [0.4, 0.5) is 0 Å². The minimum Gasteiger partial charge on any atom is -0.298 e. The van der Waals surface area contributed by atoms with Gasteiger partial charge in [-0.25, -0.2) is 0 Å². The standard InChI is InChI=1S/C13H16Br2N2OS/c14-12-7-10(13(15)19-12)11(18)8-16-3-5-17(6-4-16)9-1-2-9/h7,9H,1-6,8H2. The Hall–Kier alpha value is 0.250. The molecule has 19 heavy (non-hydrogen) atoms. The van der Waals surface area contributed by atoms with Crippen LogP contribution in [0.15, 0.2) is 13.6 Å². The fourth-order valence-electron chi connectivity index (χ4n) is 2.54. The van der Waals surface area contributed by atoms with Gasteiger partial charge in [-0.15, -0.1) is 11.3 Å². The lowest BCUT2D eigenvalue weighted by atomic mass is 10.2. The van der Waals surface area contributed by atoms with E-state index in [1.54, 1.807) is 11.3 Å². The van der Waals surface area contributed by atoms with Gasteiger partial charge in [-0.3, -0.25) is 14.6 Å². The second kappa shape index (κ2) is 5.93. The van der Waals surface area contributed by atoms with Crippen LogP contribution < -0.4 is 0 Å². The van der Waals surface area contributed by atoms with Gasteiger partial charge in [-0.05, 0) is 50.8 Å². The van der Waals surface area contributed by atoms with Crippen molar-refractivity contribution in [1.29, 1.82) is 0 Å². The van der Waals surface area contributed by atoms with Gasteiger partial charge < -0.3 is 0 Å². The second-order valence-electron chi connectivity index (χ2n) is 5.20. The summed E-state index contributed by atoms with van der Waals surface area (Å²) in [4.78, 5) is 17.1. The quantitative estimate of drug-likeness (QED) is 0.715. The van der Waals surface area contributed by atoms with Gasteiger partial charge in [0.05, 0.1) is 14.1 Å². The summed E-state index contributed by atoms with van der Waals surface area (Å²) in [5.41, 5.74) is 0.807. The van der Waals surface area contributed by atoms with E-state index in [9.17, 15) is 4.79 Å². The number of rotatable bonds is 4. The lowest BCUT2D eigenvalue weighted by Crippen LogP contribution is -2.48. The number of hydrogen-bond acceptors (Lipinski definition) is 4. The molecule has 3 rings (SSSR count). The Bertz CT molecular complexity index is 479. The van der Waals surface area contributed by atoms with Crippen LogP contribution in [0.1, 0.15) is 23.2 Å². The van der Waals surface area contributed by atoms with E-state index < -0.39 is 0 Å². The van der Waals surface area contributed by atoms with Crippen molar-refractivity contribution in [3.8, 4) is 0 Å². The highest BCUT2D eigenvalue weighted by atomic mass is 79.9. The number of ketones is 1. The molecule has 0 bridgehead atoms. The van der Waals surface area contributed by atoms with Crippen LogP contribution in [0, 0.1) is 0 Å². The molecule has 1 aromatic rings. The van der Waals surface area contributed by atoms with Gasteiger partial charge in [-0.1, -0.05) is 0 Å². The average Bonchev–Trinajstić information content (AvgIpc) is 3.16. The van der Waals surface area contributed by atoms with E-state index in [2.05, 4.69) is 41.7 Å². The Labute approximate surface area is 134 Å². The smallest absolute Gasteiger partial charge is 0.178 e. The van der Waals surface area contributed by atoms with Crippen LogP contribution in [0.25, 0.3) is 0 Å². The van der Waals surface area contributed by atoms with Crippen LogP contribution in [0.5, 0.6) is 0 Å². The number of nitrogens with zero attached hydrogens (tertiary/aromatic N) is 2. The number of halogens is 2. The van der Waals surface area contributed by atoms with E-state index in [0.29, 0.717) is 6.54 Å². The molecule has 2 heterocycles. The summed E-state index contributed by atoms with van der Waals surface area (Å²) in [5, 5.41) is 0. The van der Waals surface area contributed by atoms with Crippen molar-refractivity contribution in [2.45, 2.75) is 18.9 Å². The lowest BCUT2D eigenvalue weighted by Gasteiger charge is -2.34. The summed E-state index contributed by atoms with van der Waals surface area (Å²) in [6, 6.07) is 2.76. The van der Waals surface area contributed by atoms with E-state index >= 15 is 0 Å². The van der Waals surface area contributed by atoms with Crippen LogP contribution in [-0.2, 0) is 0 Å². The van der Waals surface area contributed by atoms with Gasteiger partial charge in [0.1, 0.15) is 0 Å². The van der Waals surface area contributed by atoms with E-state index in [-0.39, 0.29) is 5.78 Å². The molecule has 1 aliphatic carbocycles.